The fraction of sp³-hybridized carbons (Fsp3) is 0.611. The smallest absolute Gasteiger partial charge is 0.273 e. The standard InChI is InChI=1S/C18H24N2O7S/c1-26-16-7-6-14(20(22)23)10-17(16)27-11-18(21)19(13-4-2-3-5-13)15-8-9-28(24,25)12-15/h6-7,10,13,15H,2-5,8-9,11-12H2,1H3. The van der Waals surface area contributed by atoms with Crippen molar-refractivity contribution >= 4 is 21.4 Å². The molecule has 1 aromatic rings. The van der Waals surface area contributed by atoms with E-state index in [9.17, 15) is 23.3 Å². The second-order valence-corrected chi connectivity index (χ2v) is 9.41. The molecule has 0 N–H and O–H groups in total. The molecular weight excluding hydrogens is 388 g/mol. The Labute approximate surface area is 163 Å². The van der Waals surface area contributed by atoms with Crippen LogP contribution in [0, 0.1) is 10.1 Å². The van der Waals surface area contributed by atoms with Gasteiger partial charge in [0, 0.05) is 18.2 Å². The molecule has 0 radical (unpaired) electrons. The summed E-state index contributed by atoms with van der Waals surface area (Å²) in [5.74, 6) is 0.163. The second kappa shape index (κ2) is 8.34. The Morgan fingerprint density at radius 3 is 2.50 bits per heavy atom. The Kier molecular flexibility index (Phi) is 6.07. The summed E-state index contributed by atoms with van der Waals surface area (Å²) < 4.78 is 34.5. The molecule has 0 bridgehead atoms. The van der Waals surface area contributed by atoms with Gasteiger partial charge in [-0.25, -0.2) is 8.42 Å². The van der Waals surface area contributed by atoms with Crippen molar-refractivity contribution in [1.82, 2.24) is 4.90 Å². The molecule has 0 aromatic heterocycles. The summed E-state index contributed by atoms with van der Waals surface area (Å²) in [4.78, 5) is 25.1. The van der Waals surface area contributed by atoms with E-state index in [4.69, 9.17) is 9.47 Å². The first-order chi connectivity index (χ1) is 13.3. The highest BCUT2D eigenvalue weighted by Crippen LogP contribution is 2.32. The van der Waals surface area contributed by atoms with Crippen LogP contribution in [0.4, 0.5) is 5.69 Å². The maximum Gasteiger partial charge on any atom is 0.273 e. The molecule has 1 unspecified atom stereocenters. The Morgan fingerprint density at radius 2 is 1.93 bits per heavy atom. The lowest BCUT2D eigenvalue weighted by molar-refractivity contribution is -0.385. The Hall–Kier alpha value is -2.36. The molecule has 1 heterocycles. The Balaban J connectivity index is 1.75. The van der Waals surface area contributed by atoms with Gasteiger partial charge in [0.15, 0.2) is 27.9 Å². The van der Waals surface area contributed by atoms with Crippen LogP contribution in [0.25, 0.3) is 0 Å². The number of amides is 1. The zero-order valence-electron chi connectivity index (χ0n) is 15.7. The summed E-state index contributed by atoms with van der Waals surface area (Å²) in [7, 11) is -1.72. The first kappa shape index (κ1) is 20.4. The van der Waals surface area contributed by atoms with Crippen molar-refractivity contribution < 1.29 is 27.6 Å². The van der Waals surface area contributed by atoms with Crippen molar-refractivity contribution in [2.45, 2.75) is 44.2 Å². The summed E-state index contributed by atoms with van der Waals surface area (Å²) in [5.41, 5.74) is -0.169. The maximum absolute atomic E-state index is 13.0. The van der Waals surface area contributed by atoms with E-state index >= 15 is 0 Å². The van der Waals surface area contributed by atoms with E-state index in [1.807, 2.05) is 0 Å². The van der Waals surface area contributed by atoms with E-state index in [0.29, 0.717) is 6.42 Å². The molecule has 1 aromatic carbocycles. The number of carbonyl (C=O) groups is 1. The fourth-order valence-electron chi connectivity index (χ4n) is 3.99. The van der Waals surface area contributed by atoms with E-state index in [-0.39, 0.29) is 53.3 Å². The van der Waals surface area contributed by atoms with Gasteiger partial charge in [-0.05, 0) is 25.3 Å². The number of hydrogen-bond acceptors (Lipinski definition) is 7. The van der Waals surface area contributed by atoms with Gasteiger partial charge in [-0.1, -0.05) is 12.8 Å². The SMILES string of the molecule is COc1ccc([N+](=O)[O-])cc1OCC(=O)N(C1CCCC1)C1CCS(=O)(=O)C1. The lowest BCUT2D eigenvalue weighted by atomic mass is 10.1. The first-order valence-electron chi connectivity index (χ1n) is 9.27. The van der Waals surface area contributed by atoms with E-state index in [1.165, 1.54) is 25.3 Å². The number of nitro groups is 1. The number of nitrogens with zero attached hydrogens (tertiary/aromatic N) is 2. The predicted molar refractivity (Wildman–Crippen MR) is 101 cm³/mol. The molecule has 2 fully saturated rings. The third-order valence-corrected chi connectivity index (χ3v) is 7.07. The normalized spacial score (nSPS) is 21.4. The molecule has 9 nitrogen and oxygen atoms in total. The van der Waals surface area contributed by atoms with Crippen LogP contribution in [0.5, 0.6) is 11.5 Å². The molecule has 2 aliphatic rings. The maximum atomic E-state index is 13.0. The second-order valence-electron chi connectivity index (χ2n) is 7.18. The summed E-state index contributed by atoms with van der Waals surface area (Å²) in [6, 6.07) is 3.60. The van der Waals surface area contributed by atoms with Crippen LogP contribution in [-0.2, 0) is 14.6 Å². The van der Waals surface area contributed by atoms with Crippen molar-refractivity contribution in [2.24, 2.45) is 0 Å². The minimum absolute atomic E-state index is 0.0152. The van der Waals surface area contributed by atoms with Gasteiger partial charge in [0.2, 0.25) is 0 Å². The van der Waals surface area contributed by atoms with Crippen molar-refractivity contribution in [3.8, 4) is 11.5 Å². The number of nitro benzene ring substituents is 1. The van der Waals surface area contributed by atoms with Crippen LogP contribution in [0.1, 0.15) is 32.1 Å². The van der Waals surface area contributed by atoms with Gasteiger partial charge in [0.25, 0.3) is 11.6 Å². The van der Waals surface area contributed by atoms with E-state index in [1.54, 1.807) is 4.90 Å². The van der Waals surface area contributed by atoms with Gasteiger partial charge in [0.05, 0.1) is 29.6 Å². The van der Waals surface area contributed by atoms with E-state index < -0.39 is 14.8 Å². The molecule has 1 saturated carbocycles. The van der Waals surface area contributed by atoms with Gasteiger partial charge in [-0.3, -0.25) is 14.9 Å². The average molecular weight is 412 g/mol. The number of benzene rings is 1. The highest BCUT2D eigenvalue weighted by atomic mass is 32.2. The number of rotatable bonds is 7. The van der Waals surface area contributed by atoms with E-state index in [2.05, 4.69) is 0 Å². The van der Waals surface area contributed by atoms with Crippen LogP contribution in [-0.4, -0.2) is 61.5 Å². The predicted octanol–water partition coefficient (Wildman–Crippen LogP) is 1.94. The number of hydrogen-bond donors (Lipinski definition) is 0. The van der Waals surface area contributed by atoms with Crippen LogP contribution >= 0.6 is 0 Å². The highest BCUT2D eigenvalue weighted by Gasteiger charge is 2.39. The molecule has 1 aliphatic carbocycles. The zero-order valence-corrected chi connectivity index (χ0v) is 16.5. The van der Waals surface area contributed by atoms with Gasteiger partial charge >= 0.3 is 0 Å². The largest absolute Gasteiger partial charge is 0.493 e. The molecule has 3 rings (SSSR count). The number of methoxy groups -OCH3 is 1. The molecule has 0 spiro atoms. The van der Waals surface area contributed by atoms with Crippen LogP contribution in [0.3, 0.4) is 0 Å². The molecule has 28 heavy (non-hydrogen) atoms. The lowest BCUT2D eigenvalue weighted by Crippen LogP contribution is -2.48. The molecule has 1 atom stereocenters. The zero-order chi connectivity index (χ0) is 20.3. The van der Waals surface area contributed by atoms with Gasteiger partial charge in [-0.15, -0.1) is 0 Å². The molecule has 1 amide bonds. The van der Waals surface area contributed by atoms with Gasteiger partial charge in [-0.2, -0.15) is 0 Å². The van der Waals surface area contributed by atoms with Crippen LogP contribution in [0.2, 0.25) is 0 Å². The monoisotopic (exact) mass is 412 g/mol. The van der Waals surface area contributed by atoms with E-state index in [0.717, 1.165) is 25.7 Å². The quantitative estimate of drug-likeness (QED) is 0.496. The average Bonchev–Trinajstić information content (AvgIpc) is 3.30. The first-order valence-corrected chi connectivity index (χ1v) is 11.1. The minimum atomic E-state index is -3.13. The summed E-state index contributed by atoms with van der Waals surface area (Å²) >= 11 is 0. The van der Waals surface area contributed by atoms with Crippen LogP contribution < -0.4 is 9.47 Å². The number of sulfone groups is 1. The molecule has 1 aliphatic heterocycles. The van der Waals surface area contributed by atoms with Crippen molar-refractivity contribution in [1.29, 1.82) is 0 Å². The summed E-state index contributed by atoms with van der Waals surface area (Å²) in [6.07, 6.45) is 4.15. The van der Waals surface area contributed by atoms with Crippen molar-refractivity contribution in [3.63, 3.8) is 0 Å². The third-order valence-electron chi connectivity index (χ3n) is 5.32. The highest BCUT2D eigenvalue weighted by molar-refractivity contribution is 7.91. The van der Waals surface area contributed by atoms with Crippen LogP contribution in [0.15, 0.2) is 18.2 Å². The summed E-state index contributed by atoms with van der Waals surface area (Å²) in [6.45, 7) is -0.329. The minimum Gasteiger partial charge on any atom is -0.493 e. The van der Waals surface area contributed by atoms with Crippen molar-refractivity contribution in [3.05, 3.63) is 28.3 Å². The van der Waals surface area contributed by atoms with Crippen molar-refractivity contribution in [2.75, 3.05) is 25.2 Å². The summed E-state index contributed by atoms with van der Waals surface area (Å²) in [5, 5.41) is 11.0. The third kappa shape index (κ3) is 4.54. The Bertz CT molecular complexity index is 849. The number of ether oxygens (including phenoxy) is 2. The molecule has 1 saturated heterocycles. The topological polar surface area (TPSA) is 116 Å². The molecule has 10 heteroatoms. The lowest BCUT2D eigenvalue weighted by Gasteiger charge is -2.34. The molecular formula is C18H24N2O7S. The van der Waals surface area contributed by atoms with Gasteiger partial charge < -0.3 is 14.4 Å². The number of carbonyl (C=O) groups excluding carboxylic acids is 1. The molecule has 154 valence electrons. The number of non-ortho nitro benzene ring substituents is 1. The Morgan fingerprint density at radius 1 is 1.21 bits per heavy atom. The fourth-order valence-corrected chi connectivity index (χ4v) is 5.70. The van der Waals surface area contributed by atoms with Gasteiger partial charge in [0.1, 0.15) is 0 Å².